The molecule has 1 aromatic carbocycles. The Morgan fingerprint density at radius 2 is 1.92 bits per heavy atom. The van der Waals surface area contributed by atoms with Gasteiger partial charge in [-0.2, -0.15) is 0 Å². The molecule has 1 fully saturated rings. The van der Waals surface area contributed by atoms with Gasteiger partial charge in [-0.1, -0.05) is 6.58 Å². The monoisotopic (exact) mass is 335 g/mol. The number of methoxy groups -OCH3 is 2. The fraction of sp³-hybridized carbons (Fsp3) is 0.333. The van der Waals surface area contributed by atoms with Crippen LogP contribution in [-0.2, 0) is 18.9 Å². The van der Waals surface area contributed by atoms with Crippen molar-refractivity contribution in [3.63, 3.8) is 0 Å². The molecule has 0 radical (unpaired) electrons. The molecule has 0 saturated carbocycles. The molecule has 1 aliphatic heterocycles. The molecule has 0 bridgehead atoms. The van der Waals surface area contributed by atoms with Crippen LogP contribution in [0.3, 0.4) is 0 Å². The summed E-state index contributed by atoms with van der Waals surface area (Å²) >= 11 is 0. The zero-order valence-electron chi connectivity index (χ0n) is 14.1. The molecule has 6 heteroatoms. The van der Waals surface area contributed by atoms with Crippen LogP contribution in [-0.4, -0.2) is 27.4 Å². The van der Waals surface area contributed by atoms with Crippen molar-refractivity contribution in [2.75, 3.05) is 33.2 Å². The highest BCUT2D eigenvalue weighted by Gasteiger charge is 2.22. The summed E-state index contributed by atoms with van der Waals surface area (Å²) in [6.07, 6.45) is 2.72. The molecule has 5 nitrogen and oxygen atoms in total. The third-order valence-corrected chi connectivity index (χ3v) is 3.61. The number of hydrogen-bond acceptors (Lipinski definition) is 5. The largest absolute Gasteiger partial charge is 0.501 e. The van der Waals surface area contributed by atoms with Crippen LogP contribution in [0.2, 0.25) is 0 Å². The van der Waals surface area contributed by atoms with Crippen molar-refractivity contribution < 1.29 is 23.3 Å². The zero-order chi connectivity index (χ0) is 17.7. The number of hydrogen-bond donors (Lipinski definition) is 1. The summed E-state index contributed by atoms with van der Waals surface area (Å²) in [6.45, 7) is 6.66. The number of allylic oxidation sites excluding steroid dienone is 4. The van der Waals surface area contributed by atoms with Gasteiger partial charge in [-0.05, 0) is 30.7 Å². The van der Waals surface area contributed by atoms with E-state index >= 15 is 0 Å². The molecule has 0 aromatic heterocycles. The van der Waals surface area contributed by atoms with E-state index in [1.54, 1.807) is 32.3 Å². The van der Waals surface area contributed by atoms with Crippen LogP contribution >= 0.6 is 0 Å². The van der Waals surface area contributed by atoms with E-state index in [0.29, 0.717) is 41.4 Å². The van der Waals surface area contributed by atoms with E-state index < -0.39 is 12.1 Å². The van der Waals surface area contributed by atoms with Crippen LogP contribution < -0.4 is 5.73 Å². The molecule has 2 N–H and O–H groups in total. The lowest BCUT2D eigenvalue weighted by Crippen LogP contribution is -2.05. The minimum Gasteiger partial charge on any atom is -0.501 e. The quantitative estimate of drug-likeness (QED) is 0.489. The van der Waals surface area contributed by atoms with Gasteiger partial charge in [0.1, 0.15) is 11.6 Å². The number of ether oxygens (including phenoxy) is 4. The standard InChI is InChI=1S/C18H22FNO4/c1-11(7-13(22-4)8-12(2)21-3)14-9-15(17(20)10-16(14)19)18-23-5-6-24-18/h7-10,18H,1,5-6,20H2,2-4H3/b12-8+,13-7+. The minimum absolute atomic E-state index is 0.280. The Morgan fingerprint density at radius 3 is 2.50 bits per heavy atom. The molecular weight excluding hydrogens is 313 g/mol. The van der Waals surface area contributed by atoms with Gasteiger partial charge in [0.05, 0.1) is 33.2 Å². The topological polar surface area (TPSA) is 62.9 Å². The van der Waals surface area contributed by atoms with Gasteiger partial charge in [0, 0.05) is 22.9 Å². The summed E-state index contributed by atoms with van der Waals surface area (Å²) in [5.41, 5.74) is 7.49. The molecule has 1 aromatic rings. The molecule has 1 heterocycles. The third kappa shape index (κ3) is 4.15. The van der Waals surface area contributed by atoms with Gasteiger partial charge in [0.25, 0.3) is 0 Å². The first kappa shape index (κ1) is 18.0. The second-order valence-electron chi connectivity index (χ2n) is 5.27. The first-order chi connectivity index (χ1) is 11.5. The molecule has 0 aliphatic carbocycles. The van der Waals surface area contributed by atoms with Crippen LogP contribution in [0.25, 0.3) is 5.57 Å². The lowest BCUT2D eigenvalue weighted by atomic mass is 10.0. The SMILES string of the molecule is C=C(/C=C(\C=C(/C)OC)OC)c1cc(C2OCCO2)c(N)cc1F. The lowest BCUT2D eigenvalue weighted by Gasteiger charge is -2.15. The molecule has 0 atom stereocenters. The van der Waals surface area contributed by atoms with Crippen molar-refractivity contribution in [3.05, 3.63) is 59.3 Å². The first-order valence-electron chi connectivity index (χ1n) is 7.45. The maximum absolute atomic E-state index is 14.3. The van der Waals surface area contributed by atoms with Crippen molar-refractivity contribution in [2.24, 2.45) is 0 Å². The number of rotatable bonds is 6. The Labute approximate surface area is 141 Å². The van der Waals surface area contributed by atoms with Gasteiger partial charge >= 0.3 is 0 Å². The summed E-state index contributed by atoms with van der Waals surface area (Å²) < 4.78 is 35.5. The lowest BCUT2D eigenvalue weighted by molar-refractivity contribution is -0.0435. The molecule has 2 rings (SSSR count). The van der Waals surface area contributed by atoms with Gasteiger partial charge in [0.2, 0.25) is 0 Å². The average Bonchev–Trinajstić information content (AvgIpc) is 3.08. The maximum atomic E-state index is 14.3. The Hall–Kier alpha value is -2.31. The minimum atomic E-state index is -0.585. The molecule has 24 heavy (non-hydrogen) atoms. The number of nitrogen functional groups attached to an aromatic ring is 1. The number of nitrogens with two attached hydrogens (primary N) is 1. The number of halogens is 1. The normalized spacial score (nSPS) is 16.3. The Balaban J connectivity index is 2.36. The smallest absolute Gasteiger partial charge is 0.186 e. The van der Waals surface area contributed by atoms with Crippen molar-refractivity contribution in [3.8, 4) is 0 Å². The summed E-state index contributed by atoms with van der Waals surface area (Å²) in [5.74, 6) is 0.672. The predicted octanol–water partition coefficient (Wildman–Crippen LogP) is 3.55. The molecule has 1 aliphatic rings. The Bertz CT molecular complexity index is 676. The van der Waals surface area contributed by atoms with E-state index in [4.69, 9.17) is 24.7 Å². The van der Waals surface area contributed by atoms with Crippen LogP contribution in [0.4, 0.5) is 10.1 Å². The maximum Gasteiger partial charge on any atom is 0.186 e. The second-order valence-corrected chi connectivity index (χ2v) is 5.27. The highest BCUT2D eigenvalue weighted by Crippen LogP contribution is 2.32. The summed E-state index contributed by atoms with van der Waals surface area (Å²) in [5, 5.41) is 0. The summed E-state index contributed by atoms with van der Waals surface area (Å²) in [7, 11) is 3.07. The third-order valence-electron chi connectivity index (χ3n) is 3.61. The molecule has 0 spiro atoms. The first-order valence-corrected chi connectivity index (χ1v) is 7.45. The zero-order valence-corrected chi connectivity index (χ0v) is 14.1. The van der Waals surface area contributed by atoms with E-state index in [0.717, 1.165) is 0 Å². The van der Waals surface area contributed by atoms with Crippen LogP contribution in [0.15, 0.2) is 42.4 Å². The van der Waals surface area contributed by atoms with E-state index in [1.807, 2.05) is 0 Å². The Morgan fingerprint density at radius 1 is 1.25 bits per heavy atom. The van der Waals surface area contributed by atoms with Crippen molar-refractivity contribution in [1.29, 1.82) is 0 Å². The van der Waals surface area contributed by atoms with Crippen molar-refractivity contribution >= 4 is 11.3 Å². The second kappa shape index (κ2) is 7.99. The highest BCUT2D eigenvalue weighted by atomic mass is 19.1. The van der Waals surface area contributed by atoms with Crippen LogP contribution in [0.1, 0.15) is 24.3 Å². The molecule has 1 saturated heterocycles. The van der Waals surface area contributed by atoms with Gasteiger partial charge < -0.3 is 24.7 Å². The van der Waals surface area contributed by atoms with Crippen molar-refractivity contribution in [2.45, 2.75) is 13.2 Å². The summed E-state index contributed by atoms with van der Waals surface area (Å²) in [6, 6.07) is 2.84. The molecular formula is C18H22FNO4. The van der Waals surface area contributed by atoms with Gasteiger partial charge in [-0.3, -0.25) is 0 Å². The fourth-order valence-electron chi connectivity index (χ4n) is 2.26. The number of anilines is 1. The van der Waals surface area contributed by atoms with E-state index in [1.165, 1.54) is 13.2 Å². The molecule has 0 amide bonds. The fourth-order valence-corrected chi connectivity index (χ4v) is 2.26. The van der Waals surface area contributed by atoms with Gasteiger partial charge in [0.15, 0.2) is 6.29 Å². The number of benzene rings is 1. The molecule has 130 valence electrons. The van der Waals surface area contributed by atoms with Gasteiger partial charge in [-0.25, -0.2) is 4.39 Å². The Kier molecular flexibility index (Phi) is 6.00. The van der Waals surface area contributed by atoms with E-state index in [9.17, 15) is 4.39 Å². The predicted molar refractivity (Wildman–Crippen MR) is 90.3 cm³/mol. The summed E-state index contributed by atoms with van der Waals surface area (Å²) in [4.78, 5) is 0. The van der Waals surface area contributed by atoms with E-state index in [2.05, 4.69) is 6.58 Å². The molecule has 0 unspecified atom stereocenters. The van der Waals surface area contributed by atoms with Crippen LogP contribution in [0, 0.1) is 5.82 Å². The average molecular weight is 335 g/mol. The highest BCUT2D eigenvalue weighted by molar-refractivity contribution is 5.75. The van der Waals surface area contributed by atoms with Crippen molar-refractivity contribution in [1.82, 2.24) is 0 Å². The van der Waals surface area contributed by atoms with E-state index in [-0.39, 0.29) is 5.69 Å². The van der Waals surface area contributed by atoms with Crippen LogP contribution in [0.5, 0.6) is 0 Å². The van der Waals surface area contributed by atoms with Gasteiger partial charge in [-0.15, -0.1) is 0 Å².